The Balaban J connectivity index is 1.58. The first-order valence-electron chi connectivity index (χ1n) is 8.34. The standard InChI is InChI=1S/C20H15N3O3S2/c1-25-16-9-5-6-12-10-14(18(24)26-17(12)16)15-11-28-20(22-15)23-19(27)21-13-7-3-2-4-8-13/h2-11H,1H3,(H2,21,22,23,27). The van der Waals surface area contributed by atoms with E-state index in [9.17, 15) is 4.79 Å². The Kier molecular flexibility index (Phi) is 5.05. The van der Waals surface area contributed by atoms with Crippen LogP contribution in [0.3, 0.4) is 0 Å². The molecule has 0 fully saturated rings. The summed E-state index contributed by atoms with van der Waals surface area (Å²) in [5, 5.41) is 9.65. The number of aromatic nitrogens is 1. The van der Waals surface area contributed by atoms with Gasteiger partial charge in [0.25, 0.3) is 0 Å². The molecule has 140 valence electrons. The van der Waals surface area contributed by atoms with E-state index in [0.717, 1.165) is 11.1 Å². The molecule has 28 heavy (non-hydrogen) atoms. The number of rotatable bonds is 4. The number of nitrogens with one attached hydrogen (secondary N) is 2. The normalized spacial score (nSPS) is 10.6. The third-order valence-electron chi connectivity index (χ3n) is 3.98. The van der Waals surface area contributed by atoms with Crippen LogP contribution in [0, 0.1) is 0 Å². The van der Waals surface area contributed by atoms with Crippen molar-refractivity contribution in [2.75, 3.05) is 17.7 Å². The fourth-order valence-corrected chi connectivity index (χ4v) is 3.69. The number of thiocarbonyl (C=S) groups is 1. The lowest BCUT2D eigenvalue weighted by Gasteiger charge is -2.07. The summed E-state index contributed by atoms with van der Waals surface area (Å²) in [6.07, 6.45) is 0. The molecule has 6 nitrogen and oxygen atoms in total. The lowest BCUT2D eigenvalue weighted by atomic mass is 10.1. The molecule has 0 aliphatic rings. The first-order chi connectivity index (χ1) is 13.6. The summed E-state index contributed by atoms with van der Waals surface area (Å²) in [7, 11) is 1.54. The Bertz CT molecular complexity index is 1200. The Morgan fingerprint density at radius 2 is 1.96 bits per heavy atom. The number of thiazole rings is 1. The molecule has 0 saturated heterocycles. The largest absolute Gasteiger partial charge is 0.493 e. The van der Waals surface area contributed by atoms with Gasteiger partial charge in [-0.05, 0) is 36.5 Å². The first kappa shape index (κ1) is 18.1. The zero-order chi connectivity index (χ0) is 19.5. The maximum Gasteiger partial charge on any atom is 0.345 e. The fourth-order valence-electron chi connectivity index (χ4n) is 2.69. The number of hydrogen-bond acceptors (Lipinski definition) is 6. The van der Waals surface area contributed by atoms with E-state index in [4.69, 9.17) is 21.4 Å². The van der Waals surface area contributed by atoms with E-state index in [1.807, 2.05) is 42.5 Å². The van der Waals surface area contributed by atoms with Crippen LogP contribution in [0.15, 0.2) is 69.2 Å². The summed E-state index contributed by atoms with van der Waals surface area (Å²) in [6.45, 7) is 0. The molecular weight excluding hydrogens is 394 g/mol. The molecule has 2 aromatic heterocycles. The van der Waals surface area contributed by atoms with E-state index in [1.54, 1.807) is 17.5 Å². The predicted molar refractivity (Wildman–Crippen MR) is 116 cm³/mol. The Labute approximate surface area is 169 Å². The fraction of sp³-hybridized carbons (Fsp3) is 0.0500. The summed E-state index contributed by atoms with van der Waals surface area (Å²) in [6, 6.07) is 16.8. The third-order valence-corrected chi connectivity index (χ3v) is 4.94. The van der Waals surface area contributed by atoms with Crippen molar-refractivity contribution in [3.05, 3.63) is 70.4 Å². The second-order valence-electron chi connectivity index (χ2n) is 5.81. The van der Waals surface area contributed by atoms with Crippen molar-refractivity contribution in [2.24, 2.45) is 0 Å². The van der Waals surface area contributed by atoms with E-state index in [1.165, 1.54) is 18.4 Å². The van der Waals surface area contributed by atoms with E-state index in [-0.39, 0.29) is 0 Å². The SMILES string of the molecule is COc1cccc2cc(-c3csc(NC(=S)Nc4ccccc4)n3)c(=O)oc12. The van der Waals surface area contributed by atoms with Gasteiger partial charge < -0.3 is 19.8 Å². The van der Waals surface area contributed by atoms with Gasteiger partial charge in [0.05, 0.1) is 18.4 Å². The van der Waals surface area contributed by atoms with Crippen molar-refractivity contribution >= 4 is 50.5 Å². The van der Waals surface area contributed by atoms with Crippen LogP contribution in [0.25, 0.3) is 22.2 Å². The smallest absolute Gasteiger partial charge is 0.345 e. The van der Waals surface area contributed by atoms with Gasteiger partial charge in [-0.2, -0.15) is 0 Å². The average molecular weight is 409 g/mol. The molecule has 0 spiro atoms. The van der Waals surface area contributed by atoms with Gasteiger partial charge in [-0.25, -0.2) is 9.78 Å². The summed E-state index contributed by atoms with van der Waals surface area (Å²) < 4.78 is 10.7. The highest BCUT2D eigenvalue weighted by Gasteiger charge is 2.14. The summed E-state index contributed by atoms with van der Waals surface area (Å²) in [4.78, 5) is 16.9. The minimum Gasteiger partial charge on any atom is -0.493 e. The minimum atomic E-state index is -0.473. The maximum atomic E-state index is 12.5. The van der Waals surface area contributed by atoms with Crippen LogP contribution in [-0.4, -0.2) is 17.2 Å². The van der Waals surface area contributed by atoms with Crippen LogP contribution < -0.4 is 21.0 Å². The Morgan fingerprint density at radius 1 is 1.14 bits per heavy atom. The number of nitrogens with zero attached hydrogens (tertiary/aromatic N) is 1. The topological polar surface area (TPSA) is 76.4 Å². The highest BCUT2D eigenvalue weighted by molar-refractivity contribution is 7.80. The summed E-state index contributed by atoms with van der Waals surface area (Å²) in [5.41, 5.74) is 1.72. The third kappa shape index (κ3) is 3.73. The van der Waals surface area contributed by atoms with Crippen LogP contribution in [0.5, 0.6) is 5.75 Å². The molecule has 2 heterocycles. The van der Waals surface area contributed by atoms with Gasteiger partial charge in [0.1, 0.15) is 0 Å². The number of ether oxygens (including phenoxy) is 1. The van der Waals surface area contributed by atoms with Crippen LogP contribution >= 0.6 is 23.6 Å². The lowest BCUT2D eigenvalue weighted by Crippen LogP contribution is -2.18. The second-order valence-corrected chi connectivity index (χ2v) is 7.08. The van der Waals surface area contributed by atoms with E-state index >= 15 is 0 Å². The van der Waals surface area contributed by atoms with Crippen molar-refractivity contribution in [3.63, 3.8) is 0 Å². The molecule has 2 N–H and O–H groups in total. The van der Waals surface area contributed by atoms with Gasteiger partial charge in [-0.1, -0.05) is 30.3 Å². The molecule has 2 aromatic carbocycles. The molecule has 0 aliphatic carbocycles. The molecule has 4 aromatic rings. The van der Waals surface area contributed by atoms with Gasteiger partial charge in [0, 0.05) is 16.5 Å². The molecule has 0 radical (unpaired) electrons. The number of hydrogen-bond donors (Lipinski definition) is 2. The predicted octanol–water partition coefficient (Wildman–Crippen LogP) is 4.73. The van der Waals surface area contributed by atoms with Gasteiger partial charge in [-0.15, -0.1) is 11.3 Å². The zero-order valence-electron chi connectivity index (χ0n) is 14.8. The maximum absolute atomic E-state index is 12.5. The number of fused-ring (bicyclic) bond motifs is 1. The van der Waals surface area contributed by atoms with Crippen molar-refractivity contribution in [1.29, 1.82) is 0 Å². The van der Waals surface area contributed by atoms with Crippen molar-refractivity contribution in [2.45, 2.75) is 0 Å². The number of anilines is 2. The highest BCUT2D eigenvalue weighted by atomic mass is 32.1. The molecular formula is C20H15N3O3S2. The van der Waals surface area contributed by atoms with Gasteiger partial charge in [0.15, 0.2) is 21.6 Å². The Hall–Kier alpha value is -3.23. The van der Waals surface area contributed by atoms with Crippen molar-refractivity contribution in [1.82, 2.24) is 4.98 Å². The van der Waals surface area contributed by atoms with Gasteiger partial charge in [0.2, 0.25) is 0 Å². The molecule has 0 saturated carbocycles. The quantitative estimate of drug-likeness (QED) is 0.373. The van der Waals surface area contributed by atoms with Crippen molar-refractivity contribution < 1.29 is 9.15 Å². The number of para-hydroxylation sites is 2. The molecule has 0 aliphatic heterocycles. The van der Waals surface area contributed by atoms with Crippen molar-refractivity contribution in [3.8, 4) is 17.0 Å². The monoisotopic (exact) mass is 409 g/mol. The minimum absolute atomic E-state index is 0.381. The summed E-state index contributed by atoms with van der Waals surface area (Å²) >= 11 is 6.66. The van der Waals surface area contributed by atoms with E-state index in [0.29, 0.717) is 32.8 Å². The lowest BCUT2D eigenvalue weighted by molar-refractivity contribution is 0.407. The van der Waals surface area contributed by atoms with Gasteiger partial charge >= 0.3 is 5.63 Å². The summed E-state index contributed by atoms with van der Waals surface area (Å²) in [5.74, 6) is 0.513. The van der Waals surface area contributed by atoms with Crippen LogP contribution in [0.2, 0.25) is 0 Å². The zero-order valence-corrected chi connectivity index (χ0v) is 16.4. The molecule has 0 unspecified atom stereocenters. The molecule has 4 rings (SSSR count). The van der Waals surface area contributed by atoms with Crippen LogP contribution in [0.1, 0.15) is 0 Å². The highest BCUT2D eigenvalue weighted by Crippen LogP contribution is 2.29. The van der Waals surface area contributed by atoms with Gasteiger partial charge in [-0.3, -0.25) is 0 Å². The number of benzene rings is 2. The van der Waals surface area contributed by atoms with Crippen LogP contribution in [0.4, 0.5) is 10.8 Å². The molecule has 8 heteroatoms. The van der Waals surface area contributed by atoms with E-state index < -0.39 is 5.63 Å². The average Bonchev–Trinajstić information content (AvgIpc) is 3.15. The van der Waals surface area contributed by atoms with Crippen LogP contribution in [-0.2, 0) is 0 Å². The van der Waals surface area contributed by atoms with E-state index in [2.05, 4.69) is 15.6 Å². The molecule has 0 amide bonds. The second kappa shape index (κ2) is 7.79. The number of methoxy groups -OCH3 is 1. The Morgan fingerprint density at radius 3 is 2.75 bits per heavy atom. The first-order valence-corrected chi connectivity index (χ1v) is 9.62. The molecule has 0 atom stereocenters. The molecule has 0 bridgehead atoms.